The maximum Gasteiger partial charge on any atom is 0.317 e. The number of nitrogens with zero attached hydrogens (tertiary/aromatic N) is 3. The van der Waals surface area contributed by atoms with Gasteiger partial charge in [0.15, 0.2) is 0 Å². The van der Waals surface area contributed by atoms with Crippen LogP contribution in [0.3, 0.4) is 0 Å². The monoisotopic (exact) mass is 324 g/mol. The lowest BCUT2D eigenvalue weighted by atomic mass is 10.0. The van der Waals surface area contributed by atoms with Crippen molar-refractivity contribution in [1.82, 2.24) is 20.0 Å². The third-order valence-corrected chi connectivity index (χ3v) is 5.18. The Bertz CT molecular complexity index is 462. The molecule has 0 aromatic rings. The number of hydrogen-bond acceptors (Lipinski definition) is 4. The fraction of sp³-hybridized carbons (Fsp3) is 0.875. The zero-order valence-corrected chi connectivity index (χ0v) is 14.2. The number of ether oxygens (including phenoxy) is 1. The molecule has 0 radical (unpaired) electrons. The van der Waals surface area contributed by atoms with E-state index in [9.17, 15) is 9.59 Å². The summed E-state index contributed by atoms with van der Waals surface area (Å²) in [6, 6.07) is 0.216. The fourth-order valence-electron chi connectivity index (χ4n) is 3.59. The molecule has 0 atom stereocenters. The molecule has 3 heterocycles. The summed E-state index contributed by atoms with van der Waals surface area (Å²) in [5, 5.41) is 2.99. The highest BCUT2D eigenvalue weighted by atomic mass is 16.5. The maximum atomic E-state index is 12.1. The molecule has 0 aromatic heterocycles. The SMILES string of the molecule is CC1(C)COCCN1CCNC(=O)N1CC(N2CCCC2=O)C1. The van der Waals surface area contributed by atoms with Gasteiger partial charge < -0.3 is 19.9 Å². The van der Waals surface area contributed by atoms with Crippen molar-refractivity contribution in [2.45, 2.75) is 38.3 Å². The molecular formula is C16H28N4O3. The second kappa shape index (κ2) is 6.65. The van der Waals surface area contributed by atoms with Crippen molar-refractivity contribution < 1.29 is 14.3 Å². The topological polar surface area (TPSA) is 65.1 Å². The number of likely N-dealkylation sites (tertiary alicyclic amines) is 2. The third-order valence-electron chi connectivity index (χ3n) is 5.18. The molecule has 0 unspecified atom stereocenters. The highest BCUT2D eigenvalue weighted by molar-refractivity contribution is 5.80. The molecular weight excluding hydrogens is 296 g/mol. The summed E-state index contributed by atoms with van der Waals surface area (Å²) in [5.41, 5.74) is 0.0287. The first-order valence-electron chi connectivity index (χ1n) is 8.62. The van der Waals surface area contributed by atoms with E-state index in [1.807, 2.05) is 4.90 Å². The number of morpholine rings is 1. The predicted octanol–water partition coefficient (Wildman–Crippen LogP) is 0.113. The first kappa shape index (κ1) is 16.5. The summed E-state index contributed by atoms with van der Waals surface area (Å²) in [6.45, 7) is 10.4. The van der Waals surface area contributed by atoms with Crippen LogP contribution in [-0.4, -0.2) is 90.7 Å². The van der Waals surface area contributed by atoms with Gasteiger partial charge in [0.2, 0.25) is 5.91 Å². The van der Waals surface area contributed by atoms with Crippen molar-refractivity contribution in [3.8, 4) is 0 Å². The Morgan fingerprint density at radius 3 is 2.78 bits per heavy atom. The Hall–Kier alpha value is -1.34. The van der Waals surface area contributed by atoms with Gasteiger partial charge >= 0.3 is 6.03 Å². The lowest BCUT2D eigenvalue weighted by molar-refractivity contribution is -0.132. The normalized spacial score (nSPS) is 25.6. The summed E-state index contributed by atoms with van der Waals surface area (Å²) < 4.78 is 5.51. The lowest BCUT2D eigenvalue weighted by Gasteiger charge is -2.44. The second-order valence-corrected chi connectivity index (χ2v) is 7.33. The van der Waals surface area contributed by atoms with Crippen LogP contribution in [0.4, 0.5) is 4.79 Å². The number of amides is 3. The number of rotatable bonds is 4. The third kappa shape index (κ3) is 3.61. The molecule has 1 N–H and O–H groups in total. The van der Waals surface area contributed by atoms with Crippen molar-refractivity contribution >= 4 is 11.9 Å². The van der Waals surface area contributed by atoms with Gasteiger partial charge in [-0.1, -0.05) is 0 Å². The molecule has 3 rings (SSSR count). The van der Waals surface area contributed by atoms with Crippen LogP contribution in [0.1, 0.15) is 26.7 Å². The van der Waals surface area contributed by atoms with Crippen LogP contribution in [0.25, 0.3) is 0 Å². The average Bonchev–Trinajstić information content (AvgIpc) is 2.85. The molecule has 0 spiro atoms. The van der Waals surface area contributed by atoms with Crippen molar-refractivity contribution in [3.05, 3.63) is 0 Å². The van der Waals surface area contributed by atoms with Crippen molar-refractivity contribution in [1.29, 1.82) is 0 Å². The quantitative estimate of drug-likeness (QED) is 0.797. The maximum absolute atomic E-state index is 12.1. The zero-order valence-electron chi connectivity index (χ0n) is 14.2. The Morgan fingerprint density at radius 1 is 1.35 bits per heavy atom. The molecule has 23 heavy (non-hydrogen) atoms. The molecule has 3 amide bonds. The molecule has 0 aliphatic carbocycles. The Balaban J connectivity index is 1.35. The predicted molar refractivity (Wildman–Crippen MR) is 86.2 cm³/mol. The number of carbonyl (C=O) groups is 2. The average molecular weight is 324 g/mol. The standard InChI is InChI=1S/C16H28N4O3/c1-16(2)12-23-9-8-19(16)7-5-17-15(22)18-10-13(11-18)20-6-3-4-14(20)21/h13H,3-12H2,1-2H3,(H,17,22). The van der Waals surface area contributed by atoms with Gasteiger partial charge in [-0.25, -0.2) is 4.79 Å². The van der Waals surface area contributed by atoms with Crippen molar-refractivity contribution in [3.63, 3.8) is 0 Å². The minimum atomic E-state index is -0.0149. The van der Waals surface area contributed by atoms with Crippen molar-refractivity contribution in [2.24, 2.45) is 0 Å². The van der Waals surface area contributed by atoms with Gasteiger partial charge in [0.1, 0.15) is 0 Å². The van der Waals surface area contributed by atoms with Crippen molar-refractivity contribution in [2.75, 3.05) is 52.5 Å². The highest BCUT2D eigenvalue weighted by Crippen LogP contribution is 2.21. The summed E-state index contributed by atoms with van der Waals surface area (Å²) >= 11 is 0. The Kier molecular flexibility index (Phi) is 4.77. The minimum absolute atomic E-state index is 0.0149. The van der Waals surface area contributed by atoms with Crippen LogP contribution in [0.5, 0.6) is 0 Å². The van der Waals surface area contributed by atoms with Gasteiger partial charge in [-0.2, -0.15) is 0 Å². The largest absolute Gasteiger partial charge is 0.378 e. The number of nitrogens with one attached hydrogen (secondary N) is 1. The first-order chi connectivity index (χ1) is 11.0. The molecule has 7 heteroatoms. The second-order valence-electron chi connectivity index (χ2n) is 7.33. The van der Waals surface area contributed by atoms with E-state index in [-0.39, 0.29) is 23.5 Å². The minimum Gasteiger partial charge on any atom is -0.378 e. The summed E-state index contributed by atoms with van der Waals surface area (Å²) in [7, 11) is 0. The molecule has 0 saturated carbocycles. The van der Waals surface area contributed by atoms with Crippen LogP contribution >= 0.6 is 0 Å². The molecule has 7 nitrogen and oxygen atoms in total. The zero-order chi connectivity index (χ0) is 16.4. The molecule has 3 aliphatic heterocycles. The summed E-state index contributed by atoms with van der Waals surface area (Å²) in [6.07, 6.45) is 1.62. The molecule has 3 fully saturated rings. The smallest absolute Gasteiger partial charge is 0.317 e. The van der Waals surface area contributed by atoms with E-state index in [0.29, 0.717) is 26.1 Å². The highest BCUT2D eigenvalue weighted by Gasteiger charge is 2.38. The van der Waals surface area contributed by atoms with Crippen LogP contribution in [0, 0.1) is 0 Å². The van der Waals surface area contributed by atoms with Gasteiger partial charge in [-0.3, -0.25) is 9.69 Å². The van der Waals surface area contributed by atoms with Crippen LogP contribution < -0.4 is 5.32 Å². The number of carbonyl (C=O) groups excluding carboxylic acids is 2. The van der Waals surface area contributed by atoms with Gasteiger partial charge in [-0.15, -0.1) is 0 Å². The lowest BCUT2D eigenvalue weighted by Crippen LogP contribution is -2.63. The van der Waals surface area contributed by atoms with E-state index in [1.54, 1.807) is 4.90 Å². The van der Waals surface area contributed by atoms with Crippen LogP contribution in [-0.2, 0) is 9.53 Å². The van der Waals surface area contributed by atoms with E-state index in [4.69, 9.17) is 4.74 Å². The first-order valence-corrected chi connectivity index (χ1v) is 8.62. The summed E-state index contributed by atoms with van der Waals surface area (Å²) in [4.78, 5) is 29.9. The molecule has 3 aliphatic rings. The molecule has 0 aromatic carbocycles. The summed E-state index contributed by atoms with van der Waals surface area (Å²) in [5.74, 6) is 0.240. The molecule has 130 valence electrons. The molecule has 0 bridgehead atoms. The van der Waals surface area contributed by atoms with Gasteiger partial charge in [0.05, 0.1) is 19.3 Å². The molecule has 3 saturated heterocycles. The Labute approximate surface area is 137 Å². The van der Waals surface area contributed by atoms with E-state index >= 15 is 0 Å². The van der Waals surface area contributed by atoms with E-state index in [0.717, 1.165) is 39.3 Å². The van der Waals surface area contributed by atoms with E-state index in [2.05, 4.69) is 24.1 Å². The van der Waals surface area contributed by atoms with Gasteiger partial charge in [0, 0.05) is 51.2 Å². The number of urea groups is 1. The fourth-order valence-corrected chi connectivity index (χ4v) is 3.59. The van der Waals surface area contributed by atoms with Gasteiger partial charge in [-0.05, 0) is 20.3 Å². The van der Waals surface area contributed by atoms with E-state index in [1.165, 1.54) is 0 Å². The number of hydrogen-bond donors (Lipinski definition) is 1. The van der Waals surface area contributed by atoms with Crippen LogP contribution in [0.15, 0.2) is 0 Å². The Morgan fingerprint density at radius 2 is 2.13 bits per heavy atom. The van der Waals surface area contributed by atoms with E-state index < -0.39 is 0 Å². The van der Waals surface area contributed by atoms with Gasteiger partial charge in [0.25, 0.3) is 0 Å². The van der Waals surface area contributed by atoms with Crippen LogP contribution in [0.2, 0.25) is 0 Å².